The molecule has 15 heavy (non-hydrogen) atoms. The second-order valence-electron chi connectivity index (χ2n) is 3.83. The van der Waals surface area contributed by atoms with Gasteiger partial charge in [0.05, 0.1) is 0 Å². The van der Waals surface area contributed by atoms with Crippen molar-refractivity contribution in [2.45, 2.75) is 32.2 Å². The van der Waals surface area contributed by atoms with Crippen molar-refractivity contribution < 1.29 is 0 Å². The molecule has 0 aliphatic rings. The number of rotatable bonds is 5. The zero-order valence-electron chi connectivity index (χ0n) is 9.17. The van der Waals surface area contributed by atoms with Gasteiger partial charge < -0.3 is 5.73 Å². The SMILES string of the molecule is C=CCCCC(N)c1ccc(C)c(Br)c1. The first-order chi connectivity index (χ1) is 7.15. The van der Waals surface area contributed by atoms with Gasteiger partial charge in [-0.1, -0.05) is 34.1 Å². The van der Waals surface area contributed by atoms with Crippen molar-refractivity contribution in [3.05, 3.63) is 46.5 Å². The molecule has 0 saturated carbocycles. The maximum Gasteiger partial charge on any atom is 0.0295 e. The smallest absolute Gasteiger partial charge is 0.0295 e. The largest absolute Gasteiger partial charge is 0.324 e. The van der Waals surface area contributed by atoms with E-state index in [0.29, 0.717) is 0 Å². The Bertz CT molecular complexity index is 333. The van der Waals surface area contributed by atoms with Crippen LogP contribution in [0.5, 0.6) is 0 Å². The van der Waals surface area contributed by atoms with Crippen LogP contribution in [0.15, 0.2) is 35.3 Å². The Morgan fingerprint density at radius 1 is 1.53 bits per heavy atom. The van der Waals surface area contributed by atoms with E-state index in [9.17, 15) is 0 Å². The van der Waals surface area contributed by atoms with Crippen molar-refractivity contribution in [1.82, 2.24) is 0 Å². The standard InChI is InChI=1S/C13H18BrN/c1-3-4-5-6-13(15)11-8-7-10(2)12(14)9-11/h3,7-9,13H,1,4-6,15H2,2H3. The summed E-state index contributed by atoms with van der Waals surface area (Å²) >= 11 is 3.52. The summed E-state index contributed by atoms with van der Waals surface area (Å²) in [6.45, 7) is 5.79. The Kier molecular flexibility index (Phi) is 5.06. The van der Waals surface area contributed by atoms with Gasteiger partial charge in [0.15, 0.2) is 0 Å². The lowest BCUT2D eigenvalue weighted by Gasteiger charge is -2.12. The summed E-state index contributed by atoms with van der Waals surface area (Å²) in [4.78, 5) is 0. The topological polar surface area (TPSA) is 26.0 Å². The molecule has 0 fully saturated rings. The molecule has 0 heterocycles. The lowest BCUT2D eigenvalue weighted by atomic mass is 10.0. The van der Waals surface area contributed by atoms with Crippen LogP contribution in [-0.4, -0.2) is 0 Å². The van der Waals surface area contributed by atoms with Crippen LogP contribution < -0.4 is 5.73 Å². The van der Waals surface area contributed by atoms with Crippen LogP contribution in [-0.2, 0) is 0 Å². The summed E-state index contributed by atoms with van der Waals surface area (Å²) in [5.41, 5.74) is 8.55. The van der Waals surface area contributed by atoms with Gasteiger partial charge in [-0.3, -0.25) is 0 Å². The Hall–Kier alpha value is -0.600. The number of unbranched alkanes of at least 4 members (excludes halogenated alkanes) is 1. The number of hydrogen-bond acceptors (Lipinski definition) is 1. The minimum Gasteiger partial charge on any atom is -0.324 e. The molecule has 0 spiro atoms. The zero-order valence-corrected chi connectivity index (χ0v) is 10.8. The van der Waals surface area contributed by atoms with Crippen LogP contribution in [0.3, 0.4) is 0 Å². The predicted molar refractivity (Wildman–Crippen MR) is 69.9 cm³/mol. The van der Waals surface area contributed by atoms with Crippen molar-refractivity contribution in [2.75, 3.05) is 0 Å². The molecule has 2 N–H and O–H groups in total. The molecular weight excluding hydrogens is 250 g/mol. The Labute approximate surface area is 101 Å². The van der Waals surface area contributed by atoms with Gasteiger partial charge in [0, 0.05) is 10.5 Å². The van der Waals surface area contributed by atoms with Crippen molar-refractivity contribution in [2.24, 2.45) is 5.73 Å². The Morgan fingerprint density at radius 3 is 2.87 bits per heavy atom. The van der Waals surface area contributed by atoms with E-state index in [2.05, 4.69) is 47.6 Å². The molecule has 0 aromatic heterocycles. The fraction of sp³-hybridized carbons (Fsp3) is 0.385. The second kappa shape index (κ2) is 6.09. The molecule has 0 bridgehead atoms. The maximum absolute atomic E-state index is 6.10. The van der Waals surface area contributed by atoms with Crippen LogP contribution >= 0.6 is 15.9 Å². The van der Waals surface area contributed by atoms with E-state index in [0.717, 1.165) is 23.7 Å². The highest BCUT2D eigenvalue weighted by Gasteiger charge is 2.06. The van der Waals surface area contributed by atoms with E-state index in [4.69, 9.17) is 5.73 Å². The zero-order chi connectivity index (χ0) is 11.3. The van der Waals surface area contributed by atoms with Gasteiger partial charge in [-0.2, -0.15) is 0 Å². The molecular formula is C13H18BrN. The number of allylic oxidation sites excluding steroid dienone is 1. The minimum atomic E-state index is 0.141. The van der Waals surface area contributed by atoms with Gasteiger partial charge in [0.1, 0.15) is 0 Å². The summed E-state index contributed by atoms with van der Waals surface area (Å²) < 4.78 is 1.14. The number of hydrogen-bond donors (Lipinski definition) is 1. The van der Waals surface area contributed by atoms with Crippen molar-refractivity contribution in [1.29, 1.82) is 0 Å². The van der Waals surface area contributed by atoms with Crippen LogP contribution in [0.4, 0.5) is 0 Å². The van der Waals surface area contributed by atoms with Crippen molar-refractivity contribution in [3.63, 3.8) is 0 Å². The third-order valence-corrected chi connectivity index (χ3v) is 3.40. The fourth-order valence-corrected chi connectivity index (χ4v) is 1.89. The highest BCUT2D eigenvalue weighted by molar-refractivity contribution is 9.10. The molecule has 0 aliphatic carbocycles. The molecule has 2 heteroatoms. The molecule has 1 nitrogen and oxygen atoms in total. The van der Waals surface area contributed by atoms with Gasteiger partial charge in [-0.15, -0.1) is 6.58 Å². The van der Waals surface area contributed by atoms with E-state index in [1.165, 1.54) is 11.1 Å². The molecule has 0 radical (unpaired) electrons. The fourth-order valence-electron chi connectivity index (χ4n) is 1.49. The van der Waals surface area contributed by atoms with Gasteiger partial charge >= 0.3 is 0 Å². The lowest BCUT2D eigenvalue weighted by Crippen LogP contribution is -2.10. The number of halogens is 1. The molecule has 1 atom stereocenters. The van der Waals surface area contributed by atoms with Gasteiger partial charge in [0.2, 0.25) is 0 Å². The summed E-state index contributed by atoms with van der Waals surface area (Å²) in [6, 6.07) is 6.47. The average molecular weight is 268 g/mol. The number of aryl methyl sites for hydroxylation is 1. The number of nitrogens with two attached hydrogens (primary N) is 1. The molecule has 0 saturated heterocycles. The molecule has 0 amide bonds. The molecule has 1 aromatic carbocycles. The van der Waals surface area contributed by atoms with Crippen molar-refractivity contribution in [3.8, 4) is 0 Å². The van der Waals surface area contributed by atoms with E-state index in [-0.39, 0.29) is 6.04 Å². The van der Waals surface area contributed by atoms with Crippen LogP contribution in [0, 0.1) is 6.92 Å². The average Bonchev–Trinajstić information content (AvgIpc) is 2.22. The highest BCUT2D eigenvalue weighted by Crippen LogP contribution is 2.23. The Balaban J connectivity index is 2.61. The van der Waals surface area contributed by atoms with Crippen LogP contribution in [0.2, 0.25) is 0 Å². The van der Waals surface area contributed by atoms with E-state index < -0.39 is 0 Å². The number of benzene rings is 1. The predicted octanol–water partition coefficient (Wildman–Crippen LogP) is 4.11. The quantitative estimate of drug-likeness (QED) is 0.631. The van der Waals surface area contributed by atoms with Gasteiger partial charge in [-0.05, 0) is 43.4 Å². The monoisotopic (exact) mass is 267 g/mol. The van der Waals surface area contributed by atoms with E-state index in [1.807, 2.05) is 6.08 Å². The third-order valence-electron chi connectivity index (χ3n) is 2.55. The van der Waals surface area contributed by atoms with E-state index in [1.54, 1.807) is 0 Å². The molecule has 0 aliphatic heterocycles. The summed E-state index contributed by atoms with van der Waals surface area (Å²) in [5, 5.41) is 0. The Morgan fingerprint density at radius 2 is 2.27 bits per heavy atom. The first-order valence-corrected chi connectivity index (χ1v) is 6.07. The summed E-state index contributed by atoms with van der Waals surface area (Å²) in [5.74, 6) is 0. The minimum absolute atomic E-state index is 0.141. The first-order valence-electron chi connectivity index (χ1n) is 5.27. The molecule has 1 unspecified atom stereocenters. The van der Waals surface area contributed by atoms with Crippen LogP contribution in [0.25, 0.3) is 0 Å². The first kappa shape index (κ1) is 12.5. The lowest BCUT2D eigenvalue weighted by molar-refractivity contribution is 0.617. The maximum atomic E-state index is 6.10. The molecule has 82 valence electrons. The summed E-state index contributed by atoms with van der Waals surface area (Å²) in [7, 11) is 0. The van der Waals surface area contributed by atoms with E-state index >= 15 is 0 Å². The normalized spacial score (nSPS) is 12.5. The molecule has 1 rings (SSSR count). The van der Waals surface area contributed by atoms with Gasteiger partial charge in [-0.25, -0.2) is 0 Å². The summed E-state index contributed by atoms with van der Waals surface area (Å²) in [6.07, 6.45) is 5.11. The van der Waals surface area contributed by atoms with Crippen LogP contribution in [0.1, 0.15) is 36.4 Å². The van der Waals surface area contributed by atoms with Gasteiger partial charge in [0.25, 0.3) is 0 Å². The third kappa shape index (κ3) is 3.80. The molecule has 1 aromatic rings. The second-order valence-corrected chi connectivity index (χ2v) is 4.69. The highest BCUT2D eigenvalue weighted by atomic mass is 79.9. The van der Waals surface area contributed by atoms with Crippen molar-refractivity contribution >= 4 is 15.9 Å².